The first-order valence-electron chi connectivity index (χ1n) is 5.13. The van der Waals surface area contributed by atoms with Gasteiger partial charge in [0.25, 0.3) is 0 Å². The van der Waals surface area contributed by atoms with Crippen molar-refractivity contribution >= 4 is 22.5 Å². The second-order valence-electron chi connectivity index (χ2n) is 3.58. The molecule has 0 bridgehead atoms. The molecule has 0 saturated heterocycles. The first kappa shape index (κ1) is 9.60. The van der Waals surface area contributed by atoms with Crippen LogP contribution in [0.1, 0.15) is 11.1 Å². The van der Waals surface area contributed by atoms with Crippen LogP contribution in [-0.2, 0) is 5.75 Å². The van der Waals surface area contributed by atoms with Crippen molar-refractivity contribution in [3.8, 4) is 0 Å². The minimum atomic E-state index is 0.990. The van der Waals surface area contributed by atoms with Crippen molar-refractivity contribution in [3.05, 3.63) is 59.9 Å². The van der Waals surface area contributed by atoms with Crippen LogP contribution < -0.4 is 0 Å². The monoisotopic (exact) mass is 226 g/mol. The molecule has 3 heteroatoms. The van der Waals surface area contributed by atoms with Crippen LogP contribution in [-0.4, -0.2) is 10.0 Å². The zero-order chi connectivity index (χ0) is 10.8. The van der Waals surface area contributed by atoms with Gasteiger partial charge in [0.15, 0.2) is 0 Å². The lowest BCUT2D eigenvalue weighted by atomic mass is 10.2. The smallest absolute Gasteiger partial charge is 0.106 e. The molecule has 3 rings (SSSR count). The van der Waals surface area contributed by atoms with E-state index in [-0.39, 0.29) is 0 Å². The van der Waals surface area contributed by atoms with E-state index in [2.05, 4.69) is 28.2 Å². The number of thioether (sulfide) groups is 1. The second-order valence-corrected chi connectivity index (χ2v) is 4.54. The lowest BCUT2D eigenvalue weighted by Crippen LogP contribution is -2.01. The Hall–Kier alpha value is -1.61. The molecule has 0 fully saturated rings. The number of aromatic nitrogens is 1. The summed E-state index contributed by atoms with van der Waals surface area (Å²) >= 11 is 1.77. The number of hydrogen-bond donors (Lipinski definition) is 0. The minimum Gasteiger partial charge on any atom is -0.264 e. The summed E-state index contributed by atoms with van der Waals surface area (Å²) in [7, 11) is 0. The number of benzene rings is 1. The Bertz CT molecular complexity index is 535. The third kappa shape index (κ3) is 1.74. The molecule has 1 aromatic carbocycles. The average molecular weight is 226 g/mol. The van der Waals surface area contributed by atoms with E-state index in [0.29, 0.717) is 0 Å². The Morgan fingerprint density at radius 2 is 2.00 bits per heavy atom. The van der Waals surface area contributed by atoms with Crippen LogP contribution in [0.15, 0.2) is 53.8 Å². The molecule has 0 unspecified atom stereocenters. The highest BCUT2D eigenvalue weighted by molar-refractivity contribution is 8.13. The topological polar surface area (TPSA) is 25.2 Å². The van der Waals surface area contributed by atoms with Gasteiger partial charge in [-0.15, -0.1) is 11.8 Å². The highest BCUT2D eigenvalue weighted by atomic mass is 32.2. The second kappa shape index (κ2) is 4.10. The Kier molecular flexibility index (Phi) is 2.46. The van der Waals surface area contributed by atoms with Gasteiger partial charge >= 0.3 is 0 Å². The minimum absolute atomic E-state index is 0.990. The molecule has 0 saturated carbocycles. The van der Waals surface area contributed by atoms with Gasteiger partial charge in [-0.2, -0.15) is 0 Å². The van der Waals surface area contributed by atoms with Gasteiger partial charge in [-0.1, -0.05) is 18.2 Å². The van der Waals surface area contributed by atoms with Crippen molar-refractivity contribution in [1.29, 1.82) is 0 Å². The zero-order valence-electron chi connectivity index (χ0n) is 8.63. The molecule has 2 nitrogen and oxygen atoms in total. The maximum atomic E-state index is 4.66. The SMILES string of the molecule is c1cncc(C2=Nc3ccccc3CS2)c1. The molecule has 0 amide bonds. The lowest BCUT2D eigenvalue weighted by molar-refractivity contribution is 1.31. The number of para-hydroxylation sites is 1. The average Bonchev–Trinajstić information content (AvgIpc) is 2.39. The van der Waals surface area contributed by atoms with Gasteiger partial charge < -0.3 is 0 Å². The highest BCUT2D eigenvalue weighted by Gasteiger charge is 2.13. The summed E-state index contributed by atoms with van der Waals surface area (Å²) in [6.45, 7) is 0. The van der Waals surface area contributed by atoms with Crippen molar-refractivity contribution in [2.75, 3.05) is 0 Å². The molecule has 1 aliphatic heterocycles. The van der Waals surface area contributed by atoms with Gasteiger partial charge in [-0.3, -0.25) is 4.98 Å². The van der Waals surface area contributed by atoms with Gasteiger partial charge in [0, 0.05) is 23.7 Å². The summed E-state index contributed by atoms with van der Waals surface area (Å²) in [4.78, 5) is 8.78. The molecular weight excluding hydrogens is 216 g/mol. The molecular formula is C13H10N2S. The summed E-state index contributed by atoms with van der Waals surface area (Å²) in [5.74, 6) is 0.990. The van der Waals surface area contributed by atoms with Crippen molar-refractivity contribution in [2.45, 2.75) is 5.75 Å². The van der Waals surface area contributed by atoms with Crippen LogP contribution in [0, 0.1) is 0 Å². The molecule has 0 atom stereocenters. The number of rotatable bonds is 1. The van der Waals surface area contributed by atoms with E-state index in [1.807, 2.05) is 24.4 Å². The molecule has 1 aromatic heterocycles. The predicted molar refractivity (Wildman–Crippen MR) is 68.2 cm³/mol. The molecule has 2 aromatic rings. The van der Waals surface area contributed by atoms with Crippen LogP contribution >= 0.6 is 11.8 Å². The number of pyridine rings is 1. The first-order valence-corrected chi connectivity index (χ1v) is 6.12. The fourth-order valence-electron chi connectivity index (χ4n) is 1.67. The van der Waals surface area contributed by atoms with Crippen molar-refractivity contribution in [2.24, 2.45) is 4.99 Å². The summed E-state index contributed by atoms with van der Waals surface area (Å²) < 4.78 is 0. The summed E-state index contributed by atoms with van der Waals surface area (Å²) in [6.07, 6.45) is 3.64. The van der Waals surface area contributed by atoms with E-state index in [9.17, 15) is 0 Å². The van der Waals surface area contributed by atoms with Crippen LogP contribution in [0.5, 0.6) is 0 Å². The van der Waals surface area contributed by atoms with E-state index in [1.54, 1.807) is 18.0 Å². The fourth-order valence-corrected chi connectivity index (χ4v) is 2.65. The predicted octanol–water partition coefficient (Wildman–Crippen LogP) is 3.41. The maximum absolute atomic E-state index is 4.66. The number of hydrogen-bond acceptors (Lipinski definition) is 3. The number of fused-ring (bicyclic) bond motifs is 1. The molecule has 78 valence electrons. The Morgan fingerprint density at radius 1 is 1.06 bits per heavy atom. The Balaban J connectivity index is 2.04. The lowest BCUT2D eigenvalue weighted by Gasteiger charge is -2.14. The summed E-state index contributed by atoms with van der Waals surface area (Å²) in [6, 6.07) is 12.3. The van der Waals surface area contributed by atoms with Crippen LogP contribution in [0.2, 0.25) is 0 Å². The maximum Gasteiger partial charge on any atom is 0.106 e. The molecule has 0 aliphatic carbocycles. The van der Waals surface area contributed by atoms with Gasteiger partial charge in [0.1, 0.15) is 5.04 Å². The highest BCUT2D eigenvalue weighted by Crippen LogP contribution is 2.32. The van der Waals surface area contributed by atoms with Crippen LogP contribution in [0.4, 0.5) is 5.69 Å². The van der Waals surface area contributed by atoms with Gasteiger partial charge in [0.2, 0.25) is 0 Å². The van der Waals surface area contributed by atoms with Crippen LogP contribution in [0.25, 0.3) is 0 Å². The van der Waals surface area contributed by atoms with E-state index < -0.39 is 0 Å². The molecule has 2 heterocycles. The Labute approximate surface area is 98.5 Å². The molecule has 0 spiro atoms. The van der Waals surface area contributed by atoms with E-state index in [0.717, 1.165) is 22.0 Å². The normalized spacial score (nSPS) is 14.1. The molecule has 0 N–H and O–H groups in total. The third-order valence-electron chi connectivity index (χ3n) is 2.49. The quantitative estimate of drug-likeness (QED) is 0.744. The molecule has 1 aliphatic rings. The van der Waals surface area contributed by atoms with Crippen molar-refractivity contribution in [1.82, 2.24) is 4.98 Å². The first-order chi connectivity index (χ1) is 7.93. The van der Waals surface area contributed by atoms with E-state index in [4.69, 9.17) is 0 Å². The van der Waals surface area contributed by atoms with Crippen molar-refractivity contribution < 1.29 is 0 Å². The largest absolute Gasteiger partial charge is 0.264 e. The summed E-state index contributed by atoms with van der Waals surface area (Å²) in [5, 5.41) is 1.06. The zero-order valence-corrected chi connectivity index (χ0v) is 9.45. The van der Waals surface area contributed by atoms with Gasteiger partial charge in [-0.25, -0.2) is 4.99 Å². The summed E-state index contributed by atoms with van der Waals surface area (Å²) in [5.41, 5.74) is 3.49. The van der Waals surface area contributed by atoms with Crippen LogP contribution in [0.3, 0.4) is 0 Å². The third-order valence-corrected chi connectivity index (χ3v) is 3.54. The number of nitrogens with zero attached hydrogens (tertiary/aromatic N) is 2. The van der Waals surface area contributed by atoms with Gasteiger partial charge in [0.05, 0.1) is 5.69 Å². The van der Waals surface area contributed by atoms with Crippen molar-refractivity contribution in [3.63, 3.8) is 0 Å². The Morgan fingerprint density at radius 3 is 2.88 bits per heavy atom. The fraction of sp³-hybridized carbons (Fsp3) is 0.0769. The van der Waals surface area contributed by atoms with E-state index in [1.165, 1.54) is 5.56 Å². The molecule has 16 heavy (non-hydrogen) atoms. The standard InChI is InChI=1S/C13H10N2S/c1-2-6-12-11(4-1)9-16-13(15-12)10-5-3-7-14-8-10/h1-8H,9H2. The molecule has 0 radical (unpaired) electrons. The van der Waals surface area contributed by atoms with Gasteiger partial charge in [-0.05, 0) is 23.8 Å². The number of aliphatic imine (C=N–C) groups is 1. The van der Waals surface area contributed by atoms with E-state index >= 15 is 0 Å².